The monoisotopic (exact) mass is 279 g/mol. The molecule has 0 heterocycles. The van der Waals surface area contributed by atoms with E-state index >= 15 is 0 Å². The molecule has 20 heavy (non-hydrogen) atoms. The summed E-state index contributed by atoms with van der Waals surface area (Å²) in [6.07, 6.45) is -1.04. The van der Waals surface area contributed by atoms with Crippen molar-refractivity contribution in [2.45, 2.75) is 13.0 Å². The molecule has 0 bridgehead atoms. The highest BCUT2D eigenvalue weighted by molar-refractivity contribution is 5.89. The molecule has 0 aromatic heterocycles. The number of ether oxygens (including phenoxy) is 2. The van der Waals surface area contributed by atoms with Crippen molar-refractivity contribution in [3.63, 3.8) is 0 Å². The van der Waals surface area contributed by atoms with Gasteiger partial charge in [0.2, 0.25) is 0 Å². The van der Waals surface area contributed by atoms with Crippen LogP contribution in [0.1, 0.15) is 18.6 Å². The van der Waals surface area contributed by atoms with E-state index in [1.807, 2.05) is 0 Å². The molecule has 0 aliphatic heterocycles. The first-order valence-corrected chi connectivity index (χ1v) is 5.55. The van der Waals surface area contributed by atoms with Gasteiger partial charge in [-0.25, -0.2) is 4.79 Å². The molecule has 0 unspecified atom stereocenters. The number of nitro benzene ring substituents is 1. The van der Waals surface area contributed by atoms with Crippen molar-refractivity contribution in [3.05, 3.63) is 52.1 Å². The third kappa shape index (κ3) is 3.64. The van der Waals surface area contributed by atoms with Gasteiger partial charge in [0.25, 0.3) is 5.69 Å². The van der Waals surface area contributed by atoms with E-state index in [0.717, 1.165) is 0 Å². The van der Waals surface area contributed by atoms with Gasteiger partial charge in [-0.05, 0) is 17.7 Å². The maximum atomic E-state index is 11.5. The summed E-state index contributed by atoms with van der Waals surface area (Å²) in [5.41, 5.74) is 0.205. The molecule has 0 radical (unpaired) electrons. The number of nitro groups is 1. The quantitative estimate of drug-likeness (QED) is 0.353. The van der Waals surface area contributed by atoms with Crippen molar-refractivity contribution >= 4 is 17.6 Å². The Kier molecular flexibility index (Phi) is 4.96. The van der Waals surface area contributed by atoms with Gasteiger partial charge in [-0.1, -0.05) is 6.58 Å². The summed E-state index contributed by atoms with van der Waals surface area (Å²) in [6, 6.07) is 5.27. The van der Waals surface area contributed by atoms with E-state index in [0.29, 0.717) is 5.56 Å². The number of hydrogen-bond donors (Lipinski definition) is 0. The number of benzene rings is 1. The van der Waals surface area contributed by atoms with Crippen LogP contribution in [0.5, 0.6) is 0 Å². The van der Waals surface area contributed by atoms with Gasteiger partial charge in [0.05, 0.1) is 17.6 Å². The minimum absolute atomic E-state index is 0.0726. The number of non-ortho nitro benzene ring substituents is 1. The number of hydrogen-bond acceptors (Lipinski definition) is 6. The van der Waals surface area contributed by atoms with E-state index < -0.39 is 23.0 Å². The SMILES string of the molecule is C=C(C(=O)OC)[C@@H](OC(C)=O)c1ccc([N+](=O)[O-])cc1. The van der Waals surface area contributed by atoms with Crippen LogP contribution in [0.15, 0.2) is 36.4 Å². The molecule has 0 aliphatic carbocycles. The first-order valence-electron chi connectivity index (χ1n) is 5.55. The van der Waals surface area contributed by atoms with Crippen LogP contribution >= 0.6 is 0 Å². The molecule has 0 fully saturated rings. The Morgan fingerprint density at radius 1 is 1.30 bits per heavy atom. The molecule has 0 saturated carbocycles. The van der Waals surface area contributed by atoms with Crippen molar-refractivity contribution in [2.75, 3.05) is 7.11 Å². The molecule has 0 spiro atoms. The third-order valence-electron chi connectivity index (χ3n) is 2.45. The van der Waals surface area contributed by atoms with Crippen LogP contribution in [0.4, 0.5) is 5.69 Å². The molecule has 1 atom stereocenters. The van der Waals surface area contributed by atoms with E-state index in [9.17, 15) is 19.7 Å². The van der Waals surface area contributed by atoms with Gasteiger partial charge >= 0.3 is 11.9 Å². The first-order chi connectivity index (χ1) is 9.36. The van der Waals surface area contributed by atoms with Crippen LogP contribution in [0.25, 0.3) is 0 Å². The highest BCUT2D eigenvalue weighted by Crippen LogP contribution is 2.27. The van der Waals surface area contributed by atoms with Crippen LogP contribution in [-0.2, 0) is 19.1 Å². The van der Waals surface area contributed by atoms with Crippen molar-refractivity contribution in [3.8, 4) is 0 Å². The summed E-state index contributed by atoms with van der Waals surface area (Å²) in [5.74, 6) is -1.34. The number of nitrogens with zero attached hydrogens (tertiary/aromatic N) is 1. The van der Waals surface area contributed by atoms with Crippen molar-refractivity contribution < 1.29 is 24.0 Å². The lowest BCUT2D eigenvalue weighted by molar-refractivity contribution is -0.384. The Bertz CT molecular complexity index is 548. The van der Waals surface area contributed by atoms with Gasteiger partial charge in [-0.3, -0.25) is 14.9 Å². The van der Waals surface area contributed by atoms with Gasteiger partial charge in [0.1, 0.15) is 0 Å². The summed E-state index contributed by atoms with van der Waals surface area (Å²) in [5, 5.41) is 10.6. The smallest absolute Gasteiger partial charge is 0.337 e. The molecule has 1 aromatic carbocycles. The van der Waals surface area contributed by atoms with Crippen molar-refractivity contribution in [1.82, 2.24) is 0 Å². The molecular weight excluding hydrogens is 266 g/mol. The molecule has 0 saturated heterocycles. The Labute approximate surface area is 114 Å². The Morgan fingerprint density at radius 2 is 1.85 bits per heavy atom. The maximum Gasteiger partial charge on any atom is 0.337 e. The zero-order valence-corrected chi connectivity index (χ0v) is 11.0. The topological polar surface area (TPSA) is 95.7 Å². The van der Waals surface area contributed by atoms with Crippen molar-refractivity contribution in [1.29, 1.82) is 0 Å². The van der Waals surface area contributed by atoms with Gasteiger partial charge in [0, 0.05) is 19.1 Å². The lowest BCUT2D eigenvalue weighted by atomic mass is 10.0. The molecular formula is C13H13NO6. The van der Waals surface area contributed by atoms with Gasteiger partial charge in [0.15, 0.2) is 6.10 Å². The van der Waals surface area contributed by atoms with Gasteiger partial charge in [-0.15, -0.1) is 0 Å². The minimum Gasteiger partial charge on any atom is -0.466 e. The van der Waals surface area contributed by atoms with E-state index in [4.69, 9.17) is 4.74 Å². The summed E-state index contributed by atoms with van der Waals surface area (Å²) in [4.78, 5) is 32.6. The minimum atomic E-state index is -1.04. The second kappa shape index (κ2) is 6.46. The number of carbonyl (C=O) groups is 2. The molecule has 0 amide bonds. The predicted molar refractivity (Wildman–Crippen MR) is 68.8 cm³/mol. The van der Waals surface area contributed by atoms with Crippen LogP contribution in [0, 0.1) is 10.1 Å². The number of carbonyl (C=O) groups excluding carboxylic acids is 2. The second-order valence-electron chi connectivity index (χ2n) is 3.85. The average Bonchev–Trinajstić information content (AvgIpc) is 2.43. The highest BCUT2D eigenvalue weighted by atomic mass is 16.6. The van der Waals surface area contributed by atoms with Crippen LogP contribution < -0.4 is 0 Å². The molecule has 106 valence electrons. The summed E-state index contributed by atoms with van der Waals surface area (Å²) in [7, 11) is 1.17. The van der Waals surface area contributed by atoms with Gasteiger partial charge in [-0.2, -0.15) is 0 Å². The third-order valence-corrected chi connectivity index (χ3v) is 2.45. The largest absolute Gasteiger partial charge is 0.466 e. The lowest BCUT2D eigenvalue weighted by Crippen LogP contribution is -2.17. The Hall–Kier alpha value is -2.70. The zero-order chi connectivity index (χ0) is 15.3. The molecule has 7 heteroatoms. The van der Waals surface area contributed by atoms with Crippen LogP contribution in [-0.4, -0.2) is 24.0 Å². The van der Waals surface area contributed by atoms with E-state index in [1.54, 1.807) is 0 Å². The zero-order valence-electron chi connectivity index (χ0n) is 11.0. The van der Waals surface area contributed by atoms with Gasteiger partial charge < -0.3 is 9.47 Å². The number of esters is 2. The summed E-state index contributed by atoms with van der Waals surface area (Å²) in [6.45, 7) is 4.71. The second-order valence-corrected chi connectivity index (χ2v) is 3.85. The standard InChI is InChI=1S/C13H13NO6/c1-8(13(16)19-3)12(20-9(2)15)10-4-6-11(7-5-10)14(17)18/h4-7,12H,1H2,2-3H3/t12-/m1/s1. The number of rotatable bonds is 5. The molecule has 1 aromatic rings. The first kappa shape index (κ1) is 15.4. The normalized spacial score (nSPS) is 11.3. The fourth-order valence-corrected chi connectivity index (χ4v) is 1.52. The molecule has 1 rings (SSSR count). The van der Waals surface area contributed by atoms with Crippen molar-refractivity contribution in [2.24, 2.45) is 0 Å². The van der Waals surface area contributed by atoms with E-state index in [1.165, 1.54) is 38.3 Å². The fraction of sp³-hybridized carbons (Fsp3) is 0.231. The summed E-state index contributed by atoms with van der Waals surface area (Å²) >= 11 is 0. The molecule has 0 aliphatic rings. The van der Waals surface area contributed by atoms with E-state index in [-0.39, 0.29) is 11.3 Å². The Balaban J connectivity index is 3.10. The summed E-state index contributed by atoms with van der Waals surface area (Å²) < 4.78 is 9.53. The Morgan fingerprint density at radius 3 is 2.25 bits per heavy atom. The predicted octanol–water partition coefficient (Wildman–Crippen LogP) is 1.93. The van der Waals surface area contributed by atoms with E-state index in [2.05, 4.69) is 11.3 Å². The lowest BCUT2D eigenvalue weighted by Gasteiger charge is -2.18. The number of methoxy groups -OCH3 is 1. The highest BCUT2D eigenvalue weighted by Gasteiger charge is 2.25. The maximum absolute atomic E-state index is 11.5. The average molecular weight is 279 g/mol. The fourth-order valence-electron chi connectivity index (χ4n) is 1.52. The van der Waals surface area contributed by atoms with Crippen LogP contribution in [0.2, 0.25) is 0 Å². The van der Waals surface area contributed by atoms with Crippen LogP contribution in [0.3, 0.4) is 0 Å². The molecule has 0 N–H and O–H groups in total. The molecule has 7 nitrogen and oxygen atoms in total.